The number of hydrogen-bond donors (Lipinski definition) is 0. The Morgan fingerprint density at radius 2 is 1.88 bits per heavy atom. The van der Waals surface area contributed by atoms with Gasteiger partial charge in [0.15, 0.2) is 9.04 Å². The number of hydrogen-bond acceptors (Lipinski definition) is 1. The highest BCUT2D eigenvalue weighted by atomic mass is 28.3. The lowest BCUT2D eigenvalue weighted by atomic mass is 10.1. The molecule has 0 saturated heterocycles. The van der Waals surface area contributed by atoms with Gasteiger partial charge in [-0.25, -0.2) is 0 Å². The molecule has 2 heteroatoms. The Morgan fingerprint density at radius 1 is 1.19 bits per heavy atom. The van der Waals surface area contributed by atoms with Gasteiger partial charge in [-0.2, -0.15) is 0 Å². The van der Waals surface area contributed by atoms with Gasteiger partial charge in [0, 0.05) is 0 Å². The van der Waals surface area contributed by atoms with E-state index in [1.54, 1.807) is 0 Å². The van der Waals surface area contributed by atoms with E-state index in [0.29, 0.717) is 6.10 Å². The van der Waals surface area contributed by atoms with Crippen LogP contribution in [0.25, 0.3) is 0 Å². The third kappa shape index (κ3) is 4.50. The average molecular weight is 236 g/mol. The van der Waals surface area contributed by atoms with E-state index < -0.39 is 9.04 Å². The van der Waals surface area contributed by atoms with Gasteiger partial charge < -0.3 is 4.43 Å². The van der Waals surface area contributed by atoms with Gasteiger partial charge in [0.05, 0.1) is 6.10 Å². The van der Waals surface area contributed by atoms with E-state index in [1.807, 2.05) is 0 Å². The second-order valence-electron chi connectivity index (χ2n) is 4.40. The summed E-state index contributed by atoms with van der Waals surface area (Å²) in [6.45, 7) is 6.77. The minimum Gasteiger partial charge on any atom is -0.413 e. The molecule has 16 heavy (non-hydrogen) atoms. The van der Waals surface area contributed by atoms with E-state index in [4.69, 9.17) is 4.43 Å². The summed E-state index contributed by atoms with van der Waals surface area (Å²) in [4.78, 5) is 0. The molecule has 0 heterocycles. The molecule has 0 saturated carbocycles. The van der Waals surface area contributed by atoms with Crippen molar-refractivity contribution in [3.8, 4) is 0 Å². The maximum Gasteiger partial charge on any atom is 0.174 e. The van der Waals surface area contributed by atoms with Crippen molar-refractivity contribution in [2.45, 2.75) is 51.8 Å². The molecule has 90 valence electrons. The molecule has 1 aromatic carbocycles. The number of rotatable bonds is 7. The zero-order chi connectivity index (χ0) is 11.8. The van der Waals surface area contributed by atoms with E-state index in [0.717, 1.165) is 6.42 Å². The molecule has 0 radical (unpaired) electrons. The second-order valence-corrected chi connectivity index (χ2v) is 6.87. The minimum atomic E-state index is -0.965. The third-order valence-corrected chi connectivity index (χ3v) is 4.92. The third-order valence-electron chi connectivity index (χ3n) is 2.90. The molecular weight excluding hydrogens is 212 g/mol. The van der Waals surface area contributed by atoms with Crippen molar-refractivity contribution in [2.24, 2.45) is 0 Å². The molecule has 1 aromatic rings. The van der Waals surface area contributed by atoms with Gasteiger partial charge in [-0.05, 0) is 24.6 Å². The van der Waals surface area contributed by atoms with Crippen LogP contribution >= 0.6 is 0 Å². The van der Waals surface area contributed by atoms with Crippen molar-refractivity contribution in [1.82, 2.24) is 0 Å². The molecule has 0 aliphatic carbocycles. The zero-order valence-corrected chi connectivity index (χ0v) is 11.9. The van der Waals surface area contributed by atoms with E-state index in [9.17, 15) is 0 Å². The standard InChI is InChI=1S/C14H24OSi/c1-4-6-12-16(3)15-14(5-2)13-10-8-7-9-11-13/h7-11,14,16H,4-6,12H2,1-3H3. The van der Waals surface area contributed by atoms with E-state index >= 15 is 0 Å². The van der Waals surface area contributed by atoms with Crippen LogP contribution in [0.15, 0.2) is 30.3 Å². The van der Waals surface area contributed by atoms with Gasteiger partial charge in [0.25, 0.3) is 0 Å². The predicted octanol–water partition coefficient (Wildman–Crippen LogP) is 4.31. The molecule has 2 atom stereocenters. The highest BCUT2D eigenvalue weighted by molar-refractivity contribution is 6.50. The molecule has 0 fully saturated rings. The Labute approximate surface area is 102 Å². The summed E-state index contributed by atoms with van der Waals surface area (Å²) in [5.41, 5.74) is 1.33. The molecule has 0 bridgehead atoms. The predicted molar refractivity (Wildman–Crippen MR) is 73.3 cm³/mol. The van der Waals surface area contributed by atoms with Crippen LogP contribution in [-0.4, -0.2) is 9.04 Å². The van der Waals surface area contributed by atoms with Crippen molar-refractivity contribution in [1.29, 1.82) is 0 Å². The Morgan fingerprint density at radius 3 is 2.44 bits per heavy atom. The molecular formula is C14H24OSi. The molecule has 0 N–H and O–H groups in total. The summed E-state index contributed by atoms with van der Waals surface area (Å²) in [6, 6.07) is 11.9. The van der Waals surface area contributed by atoms with Gasteiger partial charge in [-0.1, -0.05) is 57.0 Å². The van der Waals surface area contributed by atoms with Crippen LogP contribution in [-0.2, 0) is 4.43 Å². The summed E-state index contributed by atoms with van der Waals surface area (Å²) in [5, 5.41) is 0. The fraction of sp³-hybridized carbons (Fsp3) is 0.571. The Hall–Kier alpha value is -0.603. The summed E-state index contributed by atoms with van der Waals surface area (Å²) >= 11 is 0. The molecule has 0 aliphatic rings. The molecule has 0 amide bonds. The van der Waals surface area contributed by atoms with E-state index in [1.165, 1.54) is 24.4 Å². The number of unbranched alkanes of at least 4 members (excludes halogenated alkanes) is 1. The molecule has 2 unspecified atom stereocenters. The van der Waals surface area contributed by atoms with Crippen molar-refractivity contribution >= 4 is 9.04 Å². The molecule has 1 nitrogen and oxygen atoms in total. The average Bonchev–Trinajstić information content (AvgIpc) is 2.34. The summed E-state index contributed by atoms with van der Waals surface area (Å²) in [6.07, 6.45) is 3.99. The fourth-order valence-corrected chi connectivity index (χ4v) is 3.95. The highest BCUT2D eigenvalue weighted by Gasteiger charge is 2.13. The quantitative estimate of drug-likeness (QED) is 0.641. The van der Waals surface area contributed by atoms with Gasteiger partial charge in [-0.15, -0.1) is 0 Å². The van der Waals surface area contributed by atoms with Crippen LogP contribution in [0.4, 0.5) is 0 Å². The molecule has 0 aliphatic heterocycles. The molecule has 1 rings (SSSR count). The van der Waals surface area contributed by atoms with Crippen LogP contribution in [0.3, 0.4) is 0 Å². The first kappa shape index (κ1) is 13.5. The largest absolute Gasteiger partial charge is 0.413 e. The molecule has 0 aromatic heterocycles. The van der Waals surface area contributed by atoms with Crippen LogP contribution in [0.1, 0.15) is 44.8 Å². The Balaban J connectivity index is 2.49. The van der Waals surface area contributed by atoms with Crippen LogP contribution in [0.5, 0.6) is 0 Å². The van der Waals surface area contributed by atoms with Gasteiger partial charge in [-0.3, -0.25) is 0 Å². The van der Waals surface area contributed by atoms with Crippen molar-refractivity contribution in [3.63, 3.8) is 0 Å². The SMILES string of the molecule is CCCC[SiH](C)OC(CC)c1ccccc1. The van der Waals surface area contributed by atoms with Gasteiger partial charge in [0.2, 0.25) is 0 Å². The lowest BCUT2D eigenvalue weighted by Gasteiger charge is -2.21. The van der Waals surface area contributed by atoms with Crippen molar-refractivity contribution < 1.29 is 4.43 Å². The second kappa shape index (κ2) is 7.63. The monoisotopic (exact) mass is 236 g/mol. The zero-order valence-electron chi connectivity index (χ0n) is 10.8. The van der Waals surface area contributed by atoms with Crippen molar-refractivity contribution in [3.05, 3.63) is 35.9 Å². The fourth-order valence-electron chi connectivity index (χ4n) is 1.92. The maximum atomic E-state index is 6.23. The lowest BCUT2D eigenvalue weighted by molar-refractivity contribution is 0.201. The minimum absolute atomic E-state index is 0.319. The normalized spacial score (nSPS) is 14.7. The van der Waals surface area contributed by atoms with Gasteiger partial charge >= 0.3 is 0 Å². The summed E-state index contributed by atoms with van der Waals surface area (Å²) in [5.74, 6) is 0. The van der Waals surface area contributed by atoms with Gasteiger partial charge in [0.1, 0.15) is 0 Å². The highest BCUT2D eigenvalue weighted by Crippen LogP contribution is 2.22. The Kier molecular flexibility index (Phi) is 6.42. The Bertz CT molecular complexity index is 273. The topological polar surface area (TPSA) is 9.23 Å². The lowest BCUT2D eigenvalue weighted by Crippen LogP contribution is -2.17. The molecule has 0 spiro atoms. The van der Waals surface area contributed by atoms with E-state index in [-0.39, 0.29) is 0 Å². The maximum absolute atomic E-state index is 6.23. The van der Waals surface area contributed by atoms with Crippen LogP contribution in [0.2, 0.25) is 12.6 Å². The van der Waals surface area contributed by atoms with Crippen molar-refractivity contribution in [2.75, 3.05) is 0 Å². The first-order valence-corrected chi connectivity index (χ1v) is 8.92. The van der Waals surface area contributed by atoms with E-state index in [2.05, 4.69) is 50.7 Å². The smallest absolute Gasteiger partial charge is 0.174 e. The first-order valence-electron chi connectivity index (χ1n) is 6.48. The summed E-state index contributed by atoms with van der Waals surface area (Å²) in [7, 11) is -0.965. The van der Waals surface area contributed by atoms with Crippen LogP contribution in [0, 0.1) is 0 Å². The first-order chi connectivity index (χ1) is 7.77. The summed E-state index contributed by atoms with van der Waals surface area (Å²) < 4.78 is 6.23. The van der Waals surface area contributed by atoms with Crippen LogP contribution < -0.4 is 0 Å². The number of benzene rings is 1.